The van der Waals surface area contributed by atoms with E-state index in [0.29, 0.717) is 12.3 Å². The third-order valence-corrected chi connectivity index (χ3v) is 3.92. The predicted molar refractivity (Wildman–Crippen MR) is 85.9 cm³/mol. The first-order valence-electron chi connectivity index (χ1n) is 6.92. The van der Waals surface area contributed by atoms with E-state index in [1.54, 1.807) is 18.3 Å². The van der Waals surface area contributed by atoms with E-state index in [2.05, 4.69) is 22.5 Å². The number of benzene rings is 1. The van der Waals surface area contributed by atoms with E-state index < -0.39 is 6.09 Å². The molecule has 0 unspecified atom stereocenters. The minimum Gasteiger partial charge on any atom is -0.450 e. The summed E-state index contributed by atoms with van der Waals surface area (Å²) in [5, 5.41) is 7.14. The number of carbonyl (C=O) groups excluding carboxylic acids is 1. The summed E-state index contributed by atoms with van der Waals surface area (Å²) in [4.78, 5) is 16.8. The minimum atomic E-state index is -0.435. The second kappa shape index (κ2) is 7.64. The van der Waals surface area contributed by atoms with Crippen LogP contribution in [-0.4, -0.2) is 17.7 Å². The number of aryl methyl sites for hydroxylation is 1. The highest BCUT2D eigenvalue weighted by Crippen LogP contribution is 2.17. The number of hydrogen-bond acceptors (Lipinski definition) is 5. The van der Waals surface area contributed by atoms with Gasteiger partial charge < -0.3 is 10.1 Å². The molecule has 0 radical (unpaired) electrons. The summed E-state index contributed by atoms with van der Waals surface area (Å²) in [5.41, 5.74) is 1.71. The number of nitrogens with zero attached hydrogens (tertiary/aromatic N) is 1. The molecule has 0 aliphatic heterocycles. The van der Waals surface area contributed by atoms with E-state index in [9.17, 15) is 4.79 Å². The largest absolute Gasteiger partial charge is 0.450 e. The lowest BCUT2D eigenvalue weighted by Crippen LogP contribution is -2.13. The van der Waals surface area contributed by atoms with Gasteiger partial charge in [0.2, 0.25) is 0 Å². The van der Waals surface area contributed by atoms with Gasteiger partial charge in [-0.1, -0.05) is 6.92 Å². The zero-order chi connectivity index (χ0) is 15.1. The lowest BCUT2D eigenvalue weighted by Gasteiger charge is -2.07. The Morgan fingerprint density at radius 1 is 1.24 bits per heavy atom. The number of nitrogens with one attached hydrogen (secondary N) is 2. The van der Waals surface area contributed by atoms with Crippen molar-refractivity contribution >= 4 is 28.8 Å². The zero-order valence-electron chi connectivity index (χ0n) is 12.2. The van der Waals surface area contributed by atoms with Crippen LogP contribution < -0.4 is 10.6 Å². The van der Waals surface area contributed by atoms with Crippen molar-refractivity contribution in [3.63, 3.8) is 0 Å². The van der Waals surface area contributed by atoms with Crippen molar-refractivity contribution in [2.24, 2.45) is 0 Å². The van der Waals surface area contributed by atoms with Crippen LogP contribution in [0.4, 0.5) is 16.2 Å². The van der Waals surface area contributed by atoms with E-state index in [0.717, 1.165) is 23.7 Å². The Morgan fingerprint density at radius 2 is 1.95 bits per heavy atom. The third-order valence-electron chi connectivity index (χ3n) is 2.78. The van der Waals surface area contributed by atoms with E-state index in [4.69, 9.17) is 4.74 Å². The molecule has 0 fully saturated rings. The van der Waals surface area contributed by atoms with Gasteiger partial charge in [-0.3, -0.25) is 5.32 Å². The first kappa shape index (κ1) is 15.3. The number of aromatic nitrogens is 1. The van der Waals surface area contributed by atoms with Gasteiger partial charge in [0, 0.05) is 22.4 Å². The van der Waals surface area contributed by atoms with E-state index in [1.807, 2.05) is 30.5 Å². The van der Waals surface area contributed by atoms with Crippen molar-refractivity contribution in [1.29, 1.82) is 0 Å². The first-order valence-corrected chi connectivity index (χ1v) is 7.74. The lowest BCUT2D eigenvalue weighted by molar-refractivity contribution is 0.168. The fourth-order valence-corrected chi connectivity index (χ4v) is 2.54. The fraction of sp³-hybridized carbons (Fsp3) is 0.333. The Bertz CT molecular complexity index is 581. The van der Waals surface area contributed by atoms with Crippen LogP contribution in [0.25, 0.3) is 0 Å². The number of carbonyl (C=O) groups is 1. The van der Waals surface area contributed by atoms with Crippen LogP contribution in [0.2, 0.25) is 0 Å². The summed E-state index contributed by atoms with van der Waals surface area (Å²) in [5.74, 6) is 0. The Morgan fingerprint density at radius 3 is 2.57 bits per heavy atom. The molecule has 2 aromatic rings. The second-order valence-corrected chi connectivity index (χ2v) is 5.55. The van der Waals surface area contributed by atoms with E-state index in [1.165, 1.54) is 4.88 Å². The van der Waals surface area contributed by atoms with Crippen molar-refractivity contribution in [3.05, 3.63) is 40.3 Å². The summed E-state index contributed by atoms with van der Waals surface area (Å²) >= 11 is 1.72. The molecule has 5 nitrogen and oxygen atoms in total. The topological polar surface area (TPSA) is 63.2 Å². The van der Waals surface area contributed by atoms with Gasteiger partial charge in [0.15, 0.2) is 0 Å². The van der Waals surface area contributed by atoms with E-state index in [-0.39, 0.29) is 0 Å². The van der Waals surface area contributed by atoms with E-state index >= 15 is 0 Å². The van der Waals surface area contributed by atoms with Crippen LogP contribution in [0.1, 0.15) is 23.7 Å². The van der Waals surface area contributed by atoms with Gasteiger partial charge in [0.1, 0.15) is 0 Å². The molecule has 1 heterocycles. The lowest BCUT2D eigenvalue weighted by atomic mass is 10.3. The highest BCUT2D eigenvalue weighted by Gasteiger charge is 2.03. The first-order chi connectivity index (χ1) is 10.2. The normalized spacial score (nSPS) is 10.2. The fourth-order valence-electron chi connectivity index (χ4n) is 1.74. The van der Waals surface area contributed by atoms with Gasteiger partial charge in [-0.2, -0.15) is 0 Å². The summed E-state index contributed by atoms with van der Waals surface area (Å²) < 4.78 is 4.82. The molecule has 0 aliphatic rings. The van der Waals surface area contributed by atoms with Crippen LogP contribution >= 0.6 is 11.3 Å². The van der Waals surface area contributed by atoms with Crippen LogP contribution in [0.15, 0.2) is 30.5 Å². The number of anilines is 2. The highest BCUT2D eigenvalue weighted by atomic mass is 32.1. The third kappa shape index (κ3) is 4.75. The van der Waals surface area contributed by atoms with Crippen LogP contribution in [-0.2, 0) is 17.7 Å². The van der Waals surface area contributed by atoms with Crippen LogP contribution in [0.3, 0.4) is 0 Å². The average molecular weight is 305 g/mol. The number of amides is 1. The molecule has 1 amide bonds. The quantitative estimate of drug-likeness (QED) is 0.850. The van der Waals surface area contributed by atoms with Crippen molar-refractivity contribution in [1.82, 2.24) is 4.98 Å². The summed E-state index contributed by atoms with van der Waals surface area (Å²) in [6.07, 6.45) is 2.45. The molecule has 0 saturated carbocycles. The molecule has 2 rings (SSSR count). The maximum absolute atomic E-state index is 11.3. The predicted octanol–water partition coefficient (Wildman–Crippen LogP) is 3.89. The van der Waals surface area contributed by atoms with Crippen molar-refractivity contribution < 1.29 is 9.53 Å². The maximum Gasteiger partial charge on any atom is 0.411 e. The Balaban J connectivity index is 1.85. The second-order valence-electron chi connectivity index (χ2n) is 4.35. The Hall–Kier alpha value is -2.08. The molecular weight excluding hydrogens is 286 g/mol. The number of rotatable bonds is 6. The van der Waals surface area contributed by atoms with Crippen LogP contribution in [0.5, 0.6) is 0 Å². The summed E-state index contributed by atoms with van der Waals surface area (Å²) in [6.45, 7) is 4.99. The van der Waals surface area contributed by atoms with Gasteiger partial charge in [0.05, 0.1) is 18.2 Å². The van der Waals surface area contributed by atoms with Crippen LogP contribution in [0, 0.1) is 0 Å². The van der Waals surface area contributed by atoms with Crippen molar-refractivity contribution in [3.8, 4) is 0 Å². The SMILES string of the molecule is CCOC(=O)Nc1ccc(NCc2cnc(CC)s2)cc1. The monoisotopic (exact) mass is 305 g/mol. The summed E-state index contributed by atoms with van der Waals surface area (Å²) in [6, 6.07) is 7.51. The molecule has 0 aliphatic carbocycles. The molecule has 1 aromatic carbocycles. The van der Waals surface area contributed by atoms with Gasteiger partial charge in [-0.25, -0.2) is 9.78 Å². The Labute approximate surface area is 128 Å². The number of ether oxygens (including phenoxy) is 1. The van der Waals surface area contributed by atoms with Gasteiger partial charge in [0.25, 0.3) is 0 Å². The smallest absolute Gasteiger partial charge is 0.411 e. The highest BCUT2D eigenvalue weighted by molar-refractivity contribution is 7.11. The van der Waals surface area contributed by atoms with Gasteiger partial charge in [-0.05, 0) is 37.6 Å². The molecule has 0 spiro atoms. The average Bonchev–Trinajstić information content (AvgIpc) is 2.95. The number of hydrogen-bond donors (Lipinski definition) is 2. The molecule has 21 heavy (non-hydrogen) atoms. The minimum absolute atomic E-state index is 0.361. The van der Waals surface area contributed by atoms with Crippen molar-refractivity contribution in [2.45, 2.75) is 26.8 Å². The zero-order valence-corrected chi connectivity index (χ0v) is 13.0. The standard InChI is InChI=1S/C15H19N3O2S/c1-3-14-17-10-13(21-14)9-16-11-5-7-12(8-6-11)18-15(19)20-4-2/h5-8,10,16H,3-4,9H2,1-2H3,(H,18,19). The number of thiazole rings is 1. The molecule has 6 heteroatoms. The van der Waals surface area contributed by atoms with Gasteiger partial charge in [-0.15, -0.1) is 11.3 Å². The molecule has 0 bridgehead atoms. The van der Waals surface area contributed by atoms with Gasteiger partial charge >= 0.3 is 6.09 Å². The molecular formula is C15H19N3O2S. The summed E-state index contributed by atoms with van der Waals surface area (Å²) in [7, 11) is 0. The molecule has 2 N–H and O–H groups in total. The molecule has 0 atom stereocenters. The maximum atomic E-state index is 11.3. The molecule has 112 valence electrons. The van der Waals surface area contributed by atoms with Crippen molar-refractivity contribution in [2.75, 3.05) is 17.2 Å². The Kier molecular flexibility index (Phi) is 5.57. The molecule has 0 saturated heterocycles. The molecule has 1 aromatic heterocycles.